The maximum absolute atomic E-state index is 11.3. The molecule has 1 saturated heterocycles. The Hall–Kier alpha value is -4.29. The van der Waals surface area contributed by atoms with Crippen LogP contribution in [-0.4, -0.2) is 118 Å². The number of methoxy groups -OCH3 is 1. The summed E-state index contributed by atoms with van der Waals surface area (Å²) in [5, 5.41) is 27.0. The molecule has 4 aliphatic rings. The summed E-state index contributed by atoms with van der Waals surface area (Å²) in [7, 11) is 2.51. The molecule has 0 aliphatic carbocycles. The second kappa shape index (κ2) is 39.0. The fourth-order valence-corrected chi connectivity index (χ4v) is 9.13. The van der Waals surface area contributed by atoms with E-state index in [1.54, 1.807) is 63.2 Å². The summed E-state index contributed by atoms with van der Waals surface area (Å²) in [5.41, 5.74) is 4.53. The first-order chi connectivity index (χ1) is 38.6. The van der Waals surface area contributed by atoms with Gasteiger partial charge in [-0.15, -0.1) is 0 Å². The molecule has 4 aliphatic heterocycles. The van der Waals surface area contributed by atoms with Crippen molar-refractivity contribution in [3.63, 3.8) is 0 Å². The predicted octanol–water partition coefficient (Wildman–Crippen LogP) is 17.0. The van der Waals surface area contributed by atoms with Crippen molar-refractivity contribution < 1.29 is 70.2 Å². The van der Waals surface area contributed by atoms with Gasteiger partial charge in [-0.1, -0.05) is 159 Å². The van der Waals surface area contributed by atoms with Crippen molar-refractivity contribution in [2.24, 2.45) is 0 Å². The van der Waals surface area contributed by atoms with Gasteiger partial charge in [-0.05, 0) is 136 Å². The van der Waals surface area contributed by atoms with Crippen molar-refractivity contribution in [1.82, 2.24) is 0 Å². The Balaban J connectivity index is 0.00000101. The first kappa shape index (κ1) is 81.7. The Morgan fingerprint density at radius 1 is 0.512 bits per heavy atom. The minimum Gasteiger partial charge on any atom is -0.479 e. The monoisotopic (exact) mass is 1450 g/mol. The Labute approximate surface area is 560 Å². The standard InChI is InChI=1S/C20H13BrO.C9H7BrO3.C8H5BrO3.C8H3BrO3.C4H8O.C4H10O.2C4H9O.CH4O.3CH4.Al.Li/c21-16-11-12-17-18(13-16)20(15-9-5-2-6-10-15)22-19(17)14-7-3-1-4-8-14;1-12-9-6-3-2-5(10)4-7(6)8(11)13-9;2*9-4-1-2-5-6(3-4)8(11)12-7(5)10;1-2-4-5-3-1;3*1-4(2,3)5;1-2;;;;;/h1-13H;2-4,9H,1H3;1-3,7,10H;1-3H;1-4H2;5H,1-3H3;2*1-3H3;2H,1H3;3*1H4;;/q;;;;;;2*-1;;;;;+2;. The van der Waals surface area contributed by atoms with Gasteiger partial charge < -0.3 is 51.0 Å². The third-order valence-electron chi connectivity index (χ3n) is 10.6. The first-order valence-corrected chi connectivity index (χ1v) is 29.8. The number of benzene rings is 6. The van der Waals surface area contributed by atoms with Crippen molar-refractivity contribution in [3.05, 3.63) is 185 Å². The molecule has 5 heterocycles. The number of furan rings is 1. The van der Waals surface area contributed by atoms with Gasteiger partial charge in [0.05, 0.1) is 27.9 Å². The van der Waals surface area contributed by atoms with Crippen LogP contribution in [0.3, 0.4) is 0 Å². The number of cyclic esters (lactones) is 4. The predicted molar refractivity (Wildman–Crippen MR) is 356 cm³/mol. The van der Waals surface area contributed by atoms with E-state index in [1.165, 1.54) is 20.0 Å². The zero-order valence-electron chi connectivity index (χ0n) is 48.5. The smallest absolute Gasteiger partial charge is 0.479 e. The topological polar surface area (TPSA) is 207 Å². The molecular weight excluding hydrogens is 1370 g/mol. The molecular formula is C65H80AlBr4LiO15. The van der Waals surface area contributed by atoms with Crippen LogP contribution in [0.1, 0.15) is 163 Å². The van der Waals surface area contributed by atoms with Crippen molar-refractivity contribution in [1.29, 1.82) is 0 Å². The second-order valence-corrected chi connectivity index (χ2v) is 25.1. The normalized spacial score (nSPS) is 14.5. The summed E-state index contributed by atoms with van der Waals surface area (Å²) < 4.78 is 44.5. The van der Waals surface area contributed by atoms with E-state index in [4.69, 9.17) is 36.4 Å². The SMILES string of the molecule is Brc1ccc2c(-c3ccccc3)oc(-c3ccccc3)c2c1.C.C.C.C1CCOC1.CC(C)(C)O.CC(C)(C)[O][Al][O]C(C)(C)C.CO.COC1OC(=O)c2cc(Br)ccc21.O=C1OC(=O)c2cc(Br)ccc21.O=C1OC(O)c2ccc(Br)cc21.[Li]. The van der Waals surface area contributed by atoms with Gasteiger partial charge in [0.25, 0.3) is 0 Å². The van der Waals surface area contributed by atoms with Crippen LogP contribution in [0.5, 0.6) is 0 Å². The third-order valence-corrected chi connectivity index (χ3v) is 14.2. The van der Waals surface area contributed by atoms with Gasteiger partial charge in [0.2, 0.25) is 12.6 Å². The van der Waals surface area contributed by atoms with E-state index in [9.17, 15) is 24.3 Å². The summed E-state index contributed by atoms with van der Waals surface area (Å²) >= 11 is 12.9. The van der Waals surface area contributed by atoms with Crippen molar-refractivity contribution in [2.45, 2.75) is 127 Å². The molecule has 7 aromatic rings. The van der Waals surface area contributed by atoms with E-state index in [2.05, 4.69) is 116 Å². The van der Waals surface area contributed by atoms with Gasteiger partial charge in [-0.2, -0.15) is 0 Å². The van der Waals surface area contributed by atoms with Gasteiger partial charge >= 0.3 is 39.8 Å². The summed E-state index contributed by atoms with van der Waals surface area (Å²) in [6.07, 6.45) is 0.913. The quantitative estimate of drug-likeness (QED) is 0.0634. The summed E-state index contributed by atoms with van der Waals surface area (Å²) in [6, 6.07) is 42.0. The molecule has 462 valence electrons. The molecule has 0 saturated carbocycles. The molecule has 0 amide bonds. The number of carbonyl (C=O) groups excluding carboxylic acids is 4. The van der Waals surface area contributed by atoms with Crippen LogP contribution in [0.15, 0.2) is 156 Å². The molecule has 21 heteroatoms. The largest absolute Gasteiger partial charge is 0.669 e. The summed E-state index contributed by atoms with van der Waals surface area (Å²) in [6.45, 7) is 19.4. The molecule has 1 aromatic heterocycles. The third kappa shape index (κ3) is 27.2. The Morgan fingerprint density at radius 3 is 1.36 bits per heavy atom. The minimum absolute atomic E-state index is 0. The number of fused-ring (bicyclic) bond motifs is 4. The number of aliphatic hydroxyl groups excluding tert-OH is 2. The molecule has 86 heavy (non-hydrogen) atoms. The van der Waals surface area contributed by atoms with Gasteiger partial charge in [-0.3, -0.25) is 0 Å². The number of rotatable bonds is 5. The maximum Gasteiger partial charge on any atom is 0.669 e. The average Bonchev–Trinajstić information content (AvgIpc) is 2.62. The number of esters is 4. The summed E-state index contributed by atoms with van der Waals surface area (Å²) in [4.78, 5) is 44.2. The molecule has 0 spiro atoms. The van der Waals surface area contributed by atoms with E-state index < -0.39 is 36.1 Å². The number of hydrogen-bond acceptors (Lipinski definition) is 15. The van der Waals surface area contributed by atoms with Crippen LogP contribution >= 0.6 is 63.7 Å². The molecule has 1 fully saturated rings. The molecule has 15 nitrogen and oxygen atoms in total. The summed E-state index contributed by atoms with van der Waals surface area (Å²) in [5.74, 6) is -0.113. The van der Waals surface area contributed by atoms with Crippen LogP contribution in [-0.2, 0) is 31.3 Å². The minimum atomic E-state index is -1.10. The zero-order chi connectivity index (χ0) is 61.0. The molecule has 0 bridgehead atoms. The van der Waals surface area contributed by atoms with Crippen LogP contribution in [0.4, 0.5) is 0 Å². The zero-order valence-corrected chi connectivity index (χ0v) is 56.0. The molecule has 3 N–H and O–H groups in total. The second-order valence-electron chi connectivity index (χ2n) is 20.8. The fourth-order valence-electron chi connectivity index (χ4n) is 7.06. The number of hydrogen-bond donors (Lipinski definition) is 3. The molecule has 2 radical (unpaired) electrons. The average molecular weight is 1450 g/mol. The molecule has 2 atom stereocenters. The number of aliphatic hydroxyl groups is 3. The van der Waals surface area contributed by atoms with Crippen molar-refractivity contribution in [3.8, 4) is 22.6 Å². The van der Waals surface area contributed by atoms with E-state index >= 15 is 0 Å². The first-order valence-electron chi connectivity index (χ1n) is 25.6. The van der Waals surface area contributed by atoms with Crippen molar-refractivity contribution in [2.75, 3.05) is 27.4 Å². The number of ether oxygens (including phenoxy) is 5. The fraction of sp³-hybridized carbons (Fsp3) is 0.354. The van der Waals surface area contributed by atoms with E-state index in [0.717, 1.165) is 77.2 Å². The molecule has 6 aromatic carbocycles. The van der Waals surface area contributed by atoms with Gasteiger partial charge in [-0.25, -0.2) is 19.2 Å². The van der Waals surface area contributed by atoms with Crippen LogP contribution < -0.4 is 0 Å². The van der Waals surface area contributed by atoms with Crippen LogP contribution in [0, 0.1) is 0 Å². The van der Waals surface area contributed by atoms with E-state index in [-0.39, 0.29) is 74.2 Å². The Morgan fingerprint density at radius 2 is 0.907 bits per heavy atom. The van der Waals surface area contributed by atoms with E-state index in [1.807, 2.05) is 90.1 Å². The van der Waals surface area contributed by atoms with E-state index in [0.29, 0.717) is 27.8 Å². The van der Waals surface area contributed by atoms with Gasteiger partial charge in [0.1, 0.15) is 11.5 Å². The van der Waals surface area contributed by atoms with Gasteiger partial charge in [0, 0.05) is 108 Å². The van der Waals surface area contributed by atoms with Crippen LogP contribution in [0.25, 0.3) is 33.4 Å². The Bertz CT molecular complexity index is 3180. The van der Waals surface area contributed by atoms with Crippen molar-refractivity contribution >= 4 is 133 Å². The molecule has 11 rings (SSSR count). The Kier molecular flexibility index (Phi) is 37.0. The number of halogens is 4. The maximum atomic E-state index is 11.3. The number of carbonyl (C=O) groups is 4. The van der Waals surface area contributed by atoms with Gasteiger partial charge in [0.15, 0.2) is 0 Å². The molecule has 2 unspecified atom stereocenters. The van der Waals surface area contributed by atoms with Crippen LogP contribution in [0.2, 0.25) is 0 Å².